The van der Waals surface area contributed by atoms with E-state index < -0.39 is 23.6 Å². The van der Waals surface area contributed by atoms with Crippen LogP contribution in [0.1, 0.15) is 26.7 Å². The van der Waals surface area contributed by atoms with Crippen LogP contribution in [-0.4, -0.2) is 34.5 Å². The summed E-state index contributed by atoms with van der Waals surface area (Å²) in [5.74, 6) is -0.879. The summed E-state index contributed by atoms with van der Waals surface area (Å²) in [6.45, 7) is 7.72. The van der Waals surface area contributed by atoms with Gasteiger partial charge < -0.3 is 14.9 Å². The number of fused-ring (bicyclic) bond motifs is 2. The lowest BCUT2D eigenvalue weighted by atomic mass is 9.54. The lowest BCUT2D eigenvalue weighted by Crippen LogP contribution is -2.56. The van der Waals surface area contributed by atoms with Gasteiger partial charge in [-0.15, -0.1) is 0 Å². The summed E-state index contributed by atoms with van der Waals surface area (Å²) >= 11 is 0. The minimum Gasteiger partial charge on any atom is -0.458 e. The second-order valence-electron chi connectivity index (χ2n) is 6.37. The van der Waals surface area contributed by atoms with Crippen molar-refractivity contribution in [1.82, 2.24) is 0 Å². The van der Waals surface area contributed by atoms with E-state index in [1.165, 1.54) is 0 Å². The molecule has 2 aliphatic carbocycles. The molecule has 2 N–H and O–H groups in total. The van der Waals surface area contributed by atoms with E-state index in [-0.39, 0.29) is 17.9 Å². The summed E-state index contributed by atoms with van der Waals surface area (Å²) in [5.41, 5.74) is 1.02. The number of carbonyl (C=O) groups is 1. The normalized spacial score (nSPS) is 49.3. The van der Waals surface area contributed by atoms with Crippen molar-refractivity contribution >= 4 is 5.97 Å². The summed E-state index contributed by atoms with van der Waals surface area (Å²) in [6, 6.07) is 0. The van der Waals surface area contributed by atoms with E-state index in [0.29, 0.717) is 18.4 Å². The van der Waals surface area contributed by atoms with Crippen LogP contribution in [0.3, 0.4) is 0 Å². The Morgan fingerprint density at radius 3 is 2.84 bits per heavy atom. The Morgan fingerprint density at radius 1 is 1.47 bits per heavy atom. The Balaban J connectivity index is 2.04. The standard InChI is InChI=1S/C15H20O4/c1-7-4-5-10(16)15(3)6-9-11(13(17)12(7)15)8(2)14(18)19-9/h4,9-13,16-17H,2,5-6H2,1,3H3/t9-,10+,11+,12+,13-,15-/m0/s1. The predicted octanol–water partition coefficient (Wildman–Crippen LogP) is 1.18. The van der Waals surface area contributed by atoms with Gasteiger partial charge in [0.1, 0.15) is 6.10 Å². The Hall–Kier alpha value is -1.13. The number of aliphatic hydroxyl groups excluding tert-OH is 2. The Labute approximate surface area is 112 Å². The van der Waals surface area contributed by atoms with Crippen LogP contribution in [0.4, 0.5) is 0 Å². The van der Waals surface area contributed by atoms with Crippen molar-refractivity contribution in [3.05, 3.63) is 23.8 Å². The van der Waals surface area contributed by atoms with E-state index in [0.717, 1.165) is 5.57 Å². The molecule has 2 fully saturated rings. The van der Waals surface area contributed by atoms with Crippen LogP contribution in [0.15, 0.2) is 23.8 Å². The maximum atomic E-state index is 11.6. The Kier molecular flexibility index (Phi) is 2.67. The van der Waals surface area contributed by atoms with E-state index in [4.69, 9.17) is 4.74 Å². The maximum Gasteiger partial charge on any atom is 0.334 e. The topological polar surface area (TPSA) is 66.8 Å². The smallest absolute Gasteiger partial charge is 0.334 e. The number of hydrogen-bond donors (Lipinski definition) is 2. The molecular formula is C15H20O4. The molecule has 0 unspecified atom stereocenters. The molecule has 6 atom stereocenters. The molecule has 0 amide bonds. The third-order valence-electron chi connectivity index (χ3n) is 5.30. The van der Waals surface area contributed by atoms with Gasteiger partial charge in [-0.2, -0.15) is 0 Å². The molecule has 0 radical (unpaired) electrons. The molecular weight excluding hydrogens is 244 g/mol. The first-order valence-electron chi connectivity index (χ1n) is 6.79. The Bertz CT molecular complexity index is 481. The number of aliphatic hydroxyl groups is 2. The number of ether oxygens (including phenoxy) is 1. The summed E-state index contributed by atoms with van der Waals surface area (Å²) in [5, 5.41) is 21.0. The molecule has 0 aromatic rings. The number of rotatable bonds is 0. The number of carbonyl (C=O) groups excluding carboxylic acids is 1. The first kappa shape index (κ1) is 12.9. The van der Waals surface area contributed by atoms with E-state index in [9.17, 15) is 15.0 Å². The van der Waals surface area contributed by atoms with Crippen molar-refractivity contribution in [3.8, 4) is 0 Å². The van der Waals surface area contributed by atoms with Crippen LogP contribution < -0.4 is 0 Å². The van der Waals surface area contributed by atoms with Crippen molar-refractivity contribution in [2.24, 2.45) is 17.3 Å². The molecule has 0 aromatic carbocycles. The number of hydrogen-bond acceptors (Lipinski definition) is 4. The molecule has 1 aliphatic heterocycles. The highest BCUT2D eigenvalue weighted by Gasteiger charge is 2.59. The van der Waals surface area contributed by atoms with Gasteiger partial charge in [0, 0.05) is 16.9 Å². The van der Waals surface area contributed by atoms with Crippen LogP contribution in [0.25, 0.3) is 0 Å². The highest BCUT2D eigenvalue weighted by molar-refractivity contribution is 5.91. The molecule has 1 saturated heterocycles. The van der Waals surface area contributed by atoms with Crippen molar-refractivity contribution in [2.45, 2.75) is 45.0 Å². The summed E-state index contributed by atoms with van der Waals surface area (Å²) in [6.07, 6.45) is 1.59. The van der Waals surface area contributed by atoms with Gasteiger partial charge >= 0.3 is 5.97 Å². The average Bonchev–Trinajstić information content (AvgIpc) is 2.60. The molecule has 104 valence electrons. The molecule has 1 heterocycles. The second kappa shape index (κ2) is 3.93. The van der Waals surface area contributed by atoms with Crippen molar-refractivity contribution < 1.29 is 19.7 Å². The first-order valence-corrected chi connectivity index (χ1v) is 6.79. The van der Waals surface area contributed by atoms with Crippen molar-refractivity contribution in [3.63, 3.8) is 0 Å². The summed E-state index contributed by atoms with van der Waals surface area (Å²) in [4.78, 5) is 11.6. The molecule has 3 rings (SSSR count). The fourth-order valence-corrected chi connectivity index (χ4v) is 4.23. The van der Waals surface area contributed by atoms with Gasteiger partial charge in [0.15, 0.2) is 0 Å². The summed E-state index contributed by atoms with van der Waals surface area (Å²) in [7, 11) is 0. The van der Waals surface area contributed by atoms with Crippen LogP contribution in [0, 0.1) is 17.3 Å². The van der Waals surface area contributed by atoms with E-state index in [1.54, 1.807) is 0 Å². The molecule has 0 aromatic heterocycles. The van der Waals surface area contributed by atoms with Gasteiger partial charge in [-0.25, -0.2) is 4.79 Å². The molecule has 4 nitrogen and oxygen atoms in total. The predicted molar refractivity (Wildman–Crippen MR) is 69.1 cm³/mol. The van der Waals surface area contributed by atoms with Gasteiger partial charge in [-0.1, -0.05) is 25.2 Å². The highest BCUT2D eigenvalue weighted by atomic mass is 16.6. The zero-order valence-electron chi connectivity index (χ0n) is 11.3. The van der Waals surface area contributed by atoms with Crippen LogP contribution in [0.2, 0.25) is 0 Å². The van der Waals surface area contributed by atoms with Gasteiger partial charge in [0.05, 0.1) is 18.1 Å². The number of esters is 1. The van der Waals surface area contributed by atoms with E-state index in [1.807, 2.05) is 19.9 Å². The monoisotopic (exact) mass is 264 g/mol. The third-order valence-corrected chi connectivity index (χ3v) is 5.30. The highest BCUT2D eigenvalue weighted by Crippen LogP contribution is 2.55. The zero-order valence-corrected chi connectivity index (χ0v) is 11.3. The fourth-order valence-electron chi connectivity index (χ4n) is 4.23. The molecule has 0 spiro atoms. The lowest BCUT2D eigenvalue weighted by Gasteiger charge is -2.53. The average molecular weight is 264 g/mol. The van der Waals surface area contributed by atoms with Crippen LogP contribution >= 0.6 is 0 Å². The SMILES string of the molecule is C=C1C(=O)O[C@H]2C[C@@]3(C)[C@H](O)CC=C(C)[C@@H]3[C@@H](O)[C@H]12. The van der Waals surface area contributed by atoms with Crippen molar-refractivity contribution in [1.29, 1.82) is 0 Å². The van der Waals surface area contributed by atoms with Gasteiger partial charge in [0.25, 0.3) is 0 Å². The van der Waals surface area contributed by atoms with Crippen LogP contribution in [0.5, 0.6) is 0 Å². The molecule has 3 aliphatic rings. The summed E-state index contributed by atoms with van der Waals surface area (Å²) < 4.78 is 5.32. The zero-order chi connectivity index (χ0) is 13.9. The van der Waals surface area contributed by atoms with E-state index >= 15 is 0 Å². The molecule has 0 bridgehead atoms. The Morgan fingerprint density at radius 2 is 2.16 bits per heavy atom. The van der Waals surface area contributed by atoms with Gasteiger partial charge in [0.2, 0.25) is 0 Å². The van der Waals surface area contributed by atoms with Gasteiger partial charge in [-0.05, 0) is 19.8 Å². The second-order valence-corrected chi connectivity index (χ2v) is 6.37. The van der Waals surface area contributed by atoms with E-state index in [2.05, 4.69) is 6.58 Å². The fraction of sp³-hybridized carbons (Fsp3) is 0.667. The lowest BCUT2D eigenvalue weighted by molar-refractivity contribution is -0.154. The minimum absolute atomic E-state index is 0.135. The molecule has 4 heteroatoms. The molecule has 1 saturated carbocycles. The largest absolute Gasteiger partial charge is 0.458 e. The van der Waals surface area contributed by atoms with Crippen molar-refractivity contribution in [2.75, 3.05) is 0 Å². The van der Waals surface area contributed by atoms with Crippen LogP contribution in [-0.2, 0) is 9.53 Å². The minimum atomic E-state index is -0.714. The molecule has 19 heavy (non-hydrogen) atoms. The maximum absolute atomic E-state index is 11.6. The third kappa shape index (κ3) is 1.56. The first-order chi connectivity index (χ1) is 8.86. The van der Waals surface area contributed by atoms with Gasteiger partial charge in [-0.3, -0.25) is 0 Å². The quantitative estimate of drug-likeness (QED) is 0.392.